The van der Waals surface area contributed by atoms with Crippen molar-refractivity contribution in [3.63, 3.8) is 0 Å². The minimum atomic E-state index is -0.257. The van der Waals surface area contributed by atoms with Crippen molar-refractivity contribution in [2.45, 2.75) is 6.92 Å². The maximum atomic E-state index is 13.6. The number of pyridine rings is 1. The van der Waals surface area contributed by atoms with Crippen molar-refractivity contribution >= 4 is 23.5 Å². The molecule has 3 rings (SSSR count). The van der Waals surface area contributed by atoms with Crippen molar-refractivity contribution in [1.82, 2.24) is 4.98 Å². The number of nitrogens with zero attached hydrogens (tertiary/aromatic N) is 1. The fraction of sp³-hybridized carbons (Fsp3) is 0.0526. The van der Waals surface area contributed by atoms with Crippen molar-refractivity contribution < 1.29 is 4.39 Å². The molecule has 0 atom stereocenters. The number of nitrogens with one attached hydrogen (secondary N) is 1. The molecule has 3 N–H and O–H groups in total. The van der Waals surface area contributed by atoms with Gasteiger partial charge < -0.3 is 11.1 Å². The molecule has 0 saturated heterocycles. The summed E-state index contributed by atoms with van der Waals surface area (Å²) in [6.45, 7) is 1.71. The molecule has 5 heteroatoms. The molecule has 0 bridgehead atoms. The van der Waals surface area contributed by atoms with Gasteiger partial charge in [0.25, 0.3) is 0 Å². The maximum Gasteiger partial charge on any atom is 0.126 e. The van der Waals surface area contributed by atoms with E-state index in [1.807, 2.05) is 18.2 Å². The Labute approximate surface area is 144 Å². The monoisotopic (exact) mass is 339 g/mol. The lowest BCUT2D eigenvalue weighted by Crippen LogP contribution is -1.95. The standard InChI is InChI=1S/C19H15ClFN3/c1-11-6-13(2-4-17(11)21)19-16(8-15(20)10-24-19)12-3-5-18(23)14(7-12)9-22/h2-10,22H,23H2,1H3. The molecule has 0 radical (unpaired) electrons. The molecule has 0 aliphatic heterocycles. The van der Waals surface area contributed by atoms with Gasteiger partial charge in [0, 0.05) is 34.8 Å². The highest BCUT2D eigenvalue weighted by atomic mass is 35.5. The zero-order chi connectivity index (χ0) is 17.3. The second-order valence-electron chi connectivity index (χ2n) is 5.50. The van der Waals surface area contributed by atoms with E-state index in [-0.39, 0.29) is 5.82 Å². The SMILES string of the molecule is Cc1cc(-c2ncc(Cl)cc2-c2ccc(N)c(C=N)c2)ccc1F. The van der Waals surface area contributed by atoms with Gasteiger partial charge in [-0.05, 0) is 54.4 Å². The molecule has 120 valence electrons. The van der Waals surface area contributed by atoms with Crippen LogP contribution in [0.4, 0.5) is 10.1 Å². The summed E-state index contributed by atoms with van der Waals surface area (Å²) in [6.07, 6.45) is 2.77. The largest absolute Gasteiger partial charge is 0.398 e. The molecular weight excluding hydrogens is 325 g/mol. The number of nitrogen functional groups attached to an aromatic ring is 1. The van der Waals surface area contributed by atoms with Crippen molar-refractivity contribution in [3.05, 3.63) is 70.6 Å². The average Bonchev–Trinajstić information content (AvgIpc) is 2.58. The van der Waals surface area contributed by atoms with Gasteiger partial charge in [-0.15, -0.1) is 0 Å². The lowest BCUT2D eigenvalue weighted by Gasteiger charge is -2.12. The maximum absolute atomic E-state index is 13.6. The molecule has 0 spiro atoms. The molecule has 0 aliphatic carbocycles. The lowest BCUT2D eigenvalue weighted by molar-refractivity contribution is 0.619. The molecule has 2 aromatic carbocycles. The van der Waals surface area contributed by atoms with Crippen LogP contribution in [0.1, 0.15) is 11.1 Å². The zero-order valence-corrected chi connectivity index (χ0v) is 13.7. The normalized spacial score (nSPS) is 10.6. The number of aryl methyl sites for hydroxylation is 1. The lowest BCUT2D eigenvalue weighted by atomic mass is 9.96. The molecule has 0 aliphatic rings. The third-order valence-corrected chi connectivity index (χ3v) is 4.05. The quantitative estimate of drug-likeness (QED) is 0.515. The average molecular weight is 340 g/mol. The summed E-state index contributed by atoms with van der Waals surface area (Å²) in [5.74, 6) is -0.257. The summed E-state index contributed by atoms with van der Waals surface area (Å²) in [5, 5.41) is 7.97. The zero-order valence-electron chi connectivity index (χ0n) is 13.0. The van der Waals surface area contributed by atoms with Gasteiger partial charge >= 0.3 is 0 Å². The molecule has 1 aromatic heterocycles. The number of nitrogens with two attached hydrogens (primary N) is 1. The van der Waals surface area contributed by atoms with Crippen LogP contribution in [0.15, 0.2) is 48.7 Å². The molecular formula is C19H15ClFN3. The highest BCUT2D eigenvalue weighted by Crippen LogP contribution is 2.34. The van der Waals surface area contributed by atoms with Crippen molar-refractivity contribution in [2.75, 3.05) is 5.73 Å². The summed E-state index contributed by atoms with van der Waals surface area (Å²) in [6, 6.07) is 12.1. The Balaban J connectivity index is 2.22. The number of hydrogen-bond donors (Lipinski definition) is 2. The van der Waals surface area contributed by atoms with E-state index in [0.29, 0.717) is 27.5 Å². The van der Waals surface area contributed by atoms with Crippen LogP contribution in [0.5, 0.6) is 0 Å². The third kappa shape index (κ3) is 3.01. The molecule has 1 heterocycles. The number of rotatable bonds is 3. The first-order chi connectivity index (χ1) is 11.5. The van der Waals surface area contributed by atoms with Gasteiger partial charge in [-0.25, -0.2) is 4.39 Å². The van der Waals surface area contributed by atoms with Gasteiger partial charge in [0.1, 0.15) is 5.82 Å². The van der Waals surface area contributed by atoms with Crippen LogP contribution < -0.4 is 5.73 Å². The third-order valence-electron chi connectivity index (χ3n) is 3.84. The molecule has 3 aromatic rings. The Kier molecular flexibility index (Phi) is 4.32. The van der Waals surface area contributed by atoms with E-state index in [9.17, 15) is 4.39 Å². The van der Waals surface area contributed by atoms with Gasteiger partial charge in [-0.1, -0.05) is 17.7 Å². The Bertz CT molecular complexity index is 938. The van der Waals surface area contributed by atoms with E-state index >= 15 is 0 Å². The minimum absolute atomic E-state index is 0.257. The van der Waals surface area contributed by atoms with E-state index < -0.39 is 0 Å². The van der Waals surface area contributed by atoms with E-state index in [1.54, 1.807) is 31.3 Å². The number of halogens is 2. The fourth-order valence-corrected chi connectivity index (χ4v) is 2.71. The number of benzene rings is 2. The van der Waals surface area contributed by atoms with Crippen LogP contribution in [-0.4, -0.2) is 11.2 Å². The van der Waals surface area contributed by atoms with E-state index in [1.165, 1.54) is 12.3 Å². The number of aromatic nitrogens is 1. The first kappa shape index (κ1) is 16.1. The topological polar surface area (TPSA) is 62.8 Å². The minimum Gasteiger partial charge on any atom is -0.398 e. The Hall–Kier alpha value is -2.72. The summed E-state index contributed by atoms with van der Waals surface area (Å²) in [5.41, 5.74) is 10.7. The molecule has 24 heavy (non-hydrogen) atoms. The summed E-state index contributed by atoms with van der Waals surface area (Å²) < 4.78 is 13.6. The van der Waals surface area contributed by atoms with Crippen molar-refractivity contribution in [1.29, 1.82) is 5.41 Å². The second kappa shape index (κ2) is 6.42. The summed E-state index contributed by atoms with van der Waals surface area (Å²) >= 11 is 6.12. The van der Waals surface area contributed by atoms with Crippen LogP contribution in [0, 0.1) is 18.2 Å². The first-order valence-electron chi connectivity index (χ1n) is 7.32. The van der Waals surface area contributed by atoms with Crippen LogP contribution in [0.25, 0.3) is 22.4 Å². The fourth-order valence-electron chi connectivity index (χ4n) is 2.55. The van der Waals surface area contributed by atoms with E-state index in [4.69, 9.17) is 22.7 Å². The summed E-state index contributed by atoms with van der Waals surface area (Å²) in [7, 11) is 0. The molecule has 0 amide bonds. The summed E-state index contributed by atoms with van der Waals surface area (Å²) in [4.78, 5) is 4.43. The predicted molar refractivity (Wildman–Crippen MR) is 97.1 cm³/mol. The van der Waals surface area contributed by atoms with Gasteiger partial charge in [0.15, 0.2) is 0 Å². The Morgan fingerprint density at radius 3 is 2.58 bits per heavy atom. The first-order valence-corrected chi connectivity index (χ1v) is 7.70. The van der Waals surface area contributed by atoms with Crippen molar-refractivity contribution in [3.8, 4) is 22.4 Å². The molecule has 3 nitrogen and oxygen atoms in total. The van der Waals surface area contributed by atoms with Crippen LogP contribution >= 0.6 is 11.6 Å². The highest BCUT2D eigenvalue weighted by molar-refractivity contribution is 6.30. The predicted octanol–water partition coefficient (Wildman–Crippen LogP) is 5.10. The van der Waals surface area contributed by atoms with Gasteiger partial charge in [0.2, 0.25) is 0 Å². The van der Waals surface area contributed by atoms with Gasteiger partial charge in [-0.3, -0.25) is 4.98 Å². The smallest absolute Gasteiger partial charge is 0.126 e. The number of anilines is 1. The number of hydrogen-bond acceptors (Lipinski definition) is 3. The van der Waals surface area contributed by atoms with Crippen LogP contribution in [0.3, 0.4) is 0 Å². The van der Waals surface area contributed by atoms with E-state index in [0.717, 1.165) is 16.7 Å². The molecule has 0 saturated carbocycles. The highest BCUT2D eigenvalue weighted by Gasteiger charge is 2.12. The Morgan fingerprint density at radius 1 is 1.12 bits per heavy atom. The van der Waals surface area contributed by atoms with E-state index in [2.05, 4.69) is 4.98 Å². The van der Waals surface area contributed by atoms with Gasteiger partial charge in [-0.2, -0.15) is 0 Å². The molecule has 0 fully saturated rings. The molecule has 0 unspecified atom stereocenters. The van der Waals surface area contributed by atoms with Crippen LogP contribution in [-0.2, 0) is 0 Å². The van der Waals surface area contributed by atoms with Crippen LogP contribution in [0.2, 0.25) is 5.02 Å². The van der Waals surface area contributed by atoms with Gasteiger partial charge in [0.05, 0.1) is 10.7 Å². The Morgan fingerprint density at radius 2 is 1.88 bits per heavy atom. The van der Waals surface area contributed by atoms with Crippen molar-refractivity contribution in [2.24, 2.45) is 0 Å². The second-order valence-corrected chi connectivity index (χ2v) is 5.94.